The summed E-state index contributed by atoms with van der Waals surface area (Å²) in [7, 11) is 1.41. The zero-order chi connectivity index (χ0) is 18.1. The summed E-state index contributed by atoms with van der Waals surface area (Å²) in [4.78, 5) is 15.4. The van der Waals surface area contributed by atoms with Gasteiger partial charge in [0.25, 0.3) is 0 Å². The highest BCUT2D eigenvalue weighted by Crippen LogP contribution is 2.41. The predicted molar refractivity (Wildman–Crippen MR) is 95.8 cm³/mol. The van der Waals surface area contributed by atoms with Gasteiger partial charge in [0.15, 0.2) is 5.79 Å². The fourth-order valence-corrected chi connectivity index (χ4v) is 3.10. The number of hydrogen-bond acceptors (Lipinski definition) is 5. The molecule has 1 aliphatic heterocycles. The maximum absolute atomic E-state index is 11.1. The lowest BCUT2D eigenvalue weighted by atomic mass is 9.91. The molecule has 1 aromatic heterocycles. The second-order valence-corrected chi connectivity index (χ2v) is 6.34. The van der Waals surface area contributed by atoms with E-state index in [1.54, 1.807) is 6.20 Å². The van der Waals surface area contributed by atoms with Crippen molar-refractivity contribution in [1.82, 2.24) is 4.98 Å². The lowest BCUT2D eigenvalue weighted by Gasteiger charge is -2.44. The maximum atomic E-state index is 11.1. The average molecular weight is 347 g/mol. The van der Waals surface area contributed by atoms with Crippen molar-refractivity contribution in [2.24, 2.45) is 5.92 Å². The van der Waals surface area contributed by atoms with E-state index in [0.29, 0.717) is 19.4 Å². The van der Waals surface area contributed by atoms with Crippen LogP contribution < -0.4 is 0 Å². The van der Waals surface area contributed by atoms with Crippen LogP contribution in [0.4, 0.5) is 0 Å². The molecule has 25 heavy (non-hydrogen) atoms. The van der Waals surface area contributed by atoms with E-state index in [1.165, 1.54) is 7.11 Å². The van der Waals surface area contributed by atoms with Crippen LogP contribution in [0.2, 0.25) is 0 Å². The molecule has 5 heteroatoms. The SMILES string of the molecule is CCC1(CC)OC[C@@H](CC=CCCC(=O)OC)[C@@H](c2cccnc2)O1. The maximum Gasteiger partial charge on any atom is 0.305 e. The molecule has 2 atom stereocenters. The molecule has 2 heterocycles. The first-order valence-corrected chi connectivity index (χ1v) is 9.07. The third kappa shape index (κ3) is 5.38. The van der Waals surface area contributed by atoms with Crippen molar-refractivity contribution in [2.75, 3.05) is 13.7 Å². The van der Waals surface area contributed by atoms with Crippen LogP contribution in [-0.4, -0.2) is 30.5 Å². The molecule has 0 aromatic carbocycles. The first-order valence-electron chi connectivity index (χ1n) is 9.07. The Morgan fingerprint density at radius 1 is 1.40 bits per heavy atom. The Hall–Kier alpha value is -1.72. The molecule has 0 amide bonds. The molecule has 0 radical (unpaired) electrons. The number of esters is 1. The van der Waals surface area contributed by atoms with Crippen LogP contribution in [0, 0.1) is 5.92 Å². The Bertz CT molecular complexity index is 554. The third-order valence-corrected chi connectivity index (χ3v) is 4.77. The normalized spacial score (nSPS) is 22.8. The zero-order valence-corrected chi connectivity index (χ0v) is 15.4. The molecule has 0 bridgehead atoms. The molecule has 1 fully saturated rings. The predicted octanol–water partition coefficient (Wildman–Crippen LogP) is 4.20. The van der Waals surface area contributed by atoms with Crippen LogP contribution in [0.15, 0.2) is 36.7 Å². The molecule has 0 unspecified atom stereocenters. The number of hydrogen-bond donors (Lipinski definition) is 0. The first kappa shape index (κ1) is 19.6. The molecule has 1 saturated heterocycles. The van der Waals surface area contributed by atoms with Gasteiger partial charge in [-0.15, -0.1) is 0 Å². The highest BCUT2D eigenvalue weighted by atomic mass is 16.7. The zero-order valence-electron chi connectivity index (χ0n) is 15.4. The van der Waals surface area contributed by atoms with Gasteiger partial charge in [-0.25, -0.2) is 0 Å². The Morgan fingerprint density at radius 3 is 2.84 bits per heavy atom. The summed E-state index contributed by atoms with van der Waals surface area (Å²) in [6, 6.07) is 4.00. The van der Waals surface area contributed by atoms with Gasteiger partial charge in [0, 0.05) is 24.7 Å². The molecular weight excluding hydrogens is 318 g/mol. The van der Waals surface area contributed by atoms with Crippen LogP contribution >= 0.6 is 0 Å². The lowest BCUT2D eigenvalue weighted by molar-refractivity contribution is -0.316. The van der Waals surface area contributed by atoms with Crippen LogP contribution in [0.5, 0.6) is 0 Å². The number of pyridine rings is 1. The Balaban J connectivity index is 2.02. The van der Waals surface area contributed by atoms with E-state index in [1.807, 2.05) is 18.3 Å². The number of nitrogens with zero attached hydrogens (tertiary/aromatic N) is 1. The molecule has 138 valence electrons. The summed E-state index contributed by atoms with van der Waals surface area (Å²) in [5, 5.41) is 0. The van der Waals surface area contributed by atoms with Gasteiger partial charge in [-0.1, -0.05) is 32.1 Å². The van der Waals surface area contributed by atoms with E-state index < -0.39 is 5.79 Å². The number of carbonyl (C=O) groups excluding carboxylic acids is 1. The van der Waals surface area contributed by atoms with E-state index in [2.05, 4.69) is 35.7 Å². The van der Waals surface area contributed by atoms with E-state index in [0.717, 1.165) is 24.8 Å². The number of carbonyl (C=O) groups is 1. The lowest BCUT2D eigenvalue weighted by Crippen LogP contribution is -2.44. The molecule has 0 spiro atoms. The van der Waals surface area contributed by atoms with E-state index in [9.17, 15) is 4.79 Å². The van der Waals surface area contributed by atoms with E-state index in [4.69, 9.17) is 9.47 Å². The Labute approximate surface area is 150 Å². The van der Waals surface area contributed by atoms with Gasteiger partial charge in [0.1, 0.15) is 0 Å². The molecule has 1 aliphatic rings. The molecule has 5 nitrogen and oxygen atoms in total. The highest BCUT2D eigenvalue weighted by molar-refractivity contribution is 5.69. The van der Waals surface area contributed by atoms with Crippen LogP contribution in [-0.2, 0) is 19.0 Å². The van der Waals surface area contributed by atoms with Crippen molar-refractivity contribution in [3.8, 4) is 0 Å². The van der Waals surface area contributed by atoms with Crippen molar-refractivity contribution in [1.29, 1.82) is 0 Å². The second-order valence-electron chi connectivity index (χ2n) is 6.34. The topological polar surface area (TPSA) is 57.7 Å². The van der Waals surface area contributed by atoms with Gasteiger partial charge in [-0.3, -0.25) is 9.78 Å². The van der Waals surface area contributed by atoms with Crippen molar-refractivity contribution < 1.29 is 19.0 Å². The Morgan fingerprint density at radius 2 is 2.20 bits per heavy atom. The highest BCUT2D eigenvalue weighted by Gasteiger charge is 2.40. The average Bonchev–Trinajstić information content (AvgIpc) is 2.68. The molecular formula is C20H29NO4. The van der Waals surface area contributed by atoms with Gasteiger partial charge in [-0.05, 0) is 37.3 Å². The molecule has 0 aliphatic carbocycles. The monoisotopic (exact) mass is 347 g/mol. The van der Waals surface area contributed by atoms with Crippen molar-refractivity contribution in [3.05, 3.63) is 42.2 Å². The van der Waals surface area contributed by atoms with Gasteiger partial charge >= 0.3 is 5.97 Å². The van der Waals surface area contributed by atoms with Crippen LogP contribution in [0.1, 0.15) is 57.6 Å². The summed E-state index contributed by atoms with van der Waals surface area (Å²) in [5.41, 5.74) is 1.09. The quantitative estimate of drug-likeness (QED) is 0.521. The Kier molecular flexibility index (Phi) is 7.59. The second kappa shape index (κ2) is 9.68. The summed E-state index contributed by atoms with van der Waals surface area (Å²) < 4.78 is 17.2. The van der Waals surface area contributed by atoms with Crippen molar-refractivity contribution in [3.63, 3.8) is 0 Å². The fraction of sp³-hybridized carbons (Fsp3) is 0.600. The van der Waals surface area contributed by atoms with Gasteiger partial charge < -0.3 is 14.2 Å². The minimum absolute atomic E-state index is 0.0346. The molecule has 1 aromatic rings. The molecule has 0 N–H and O–H groups in total. The van der Waals surface area contributed by atoms with Gasteiger partial charge in [-0.2, -0.15) is 0 Å². The van der Waals surface area contributed by atoms with Gasteiger partial charge in [0.05, 0.1) is 19.8 Å². The molecule has 2 rings (SSSR count). The minimum atomic E-state index is -0.508. The number of ether oxygens (including phenoxy) is 3. The third-order valence-electron chi connectivity index (χ3n) is 4.77. The van der Waals surface area contributed by atoms with Crippen LogP contribution in [0.25, 0.3) is 0 Å². The standard InChI is InChI=1S/C20H29NO4/c1-4-20(5-2)24-15-17(10-7-6-8-12-18(22)23-3)19(25-20)16-11-9-13-21-14-16/h6-7,9,11,13-14,17,19H,4-5,8,10,12,15H2,1-3H3/t17-,19-/m1/s1. The van der Waals surface area contributed by atoms with Crippen molar-refractivity contribution >= 4 is 5.97 Å². The van der Waals surface area contributed by atoms with Crippen LogP contribution in [0.3, 0.4) is 0 Å². The van der Waals surface area contributed by atoms with E-state index >= 15 is 0 Å². The summed E-state index contributed by atoms with van der Waals surface area (Å²) >= 11 is 0. The number of aromatic nitrogens is 1. The number of allylic oxidation sites excluding steroid dienone is 2. The number of rotatable bonds is 8. The smallest absolute Gasteiger partial charge is 0.305 e. The van der Waals surface area contributed by atoms with E-state index in [-0.39, 0.29) is 18.0 Å². The van der Waals surface area contributed by atoms with Gasteiger partial charge in [0.2, 0.25) is 0 Å². The van der Waals surface area contributed by atoms with Crippen molar-refractivity contribution in [2.45, 2.75) is 57.8 Å². The molecule has 0 saturated carbocycles. The fourth-order valence-electron chi connectivity index (χ4n) is 3.10. The largest absolute Gasteiger partial charge is 0.469 e. The first-order chi connectivity index (χ1) is 12.1. The summed E-state index contributed by atoms with van der Waals surface area (Å²) in [6.07, 6.45) is 11.3. The summed E-state index contributed by atoms with van der Waals surface area (Å²) in [5.74, 6) is -0.464. The summed E-state index contributed by atoms with van der Waals surface area (Å²) in [6.45, 7) is 4.84. The number of methoxy groups -OCH3 is 1. The minimum Gasteiger partial charge on any atom is -0.469 e.